The molecule has 8 fully saturated rings. The van der Waals surface area contributed by atoms with Gasteiger partial charge in [-0.3, -0.25) is 24.0 Å². The Kier molecular flexibility index (Phi) is 30.6. The molecule has 0 bridgehead atoms. The third-order valence-corrected chi connectivity index (χ3v) is 27.2. The van der Waals surface area contributed by atoms with E-state index in [-0.39, 0.29) is 83.2 Å². The molecule has 652 valence electrons. The van der Waals surface area contributed by atoms with E-state index in [1.165, 1.54) is 14.1 Å². The van der Waals surface area contributed by atoms with E-state index < -0.39 is 121 Å². The van der Waals surface area contributed by atoms with Crippen LogP contribution >= 0.6 is 31.9 Å². The Hall–Kier alpha value is -8.44. The van der Waals surface area contributed by atoms with Crippen molar-refractivity contribution < 1.29 is 108 Å². The zero-order chi connectivity index (χ0) is 84.8. The standard InChI is InChI=1S/C40H53BrN6O11S.C36H45BrN4O9.C4H10N2O3S/c1-3-56-33-22-32(28-15-16-31(54-2)34(41)35(28)43-33)57-27-21-30-36(48)44-40(38(50)45-59(52,53)46-17-19-55-20-18-46)23-25(40)11-7-5-4-6-8-14-29(37(49)47(30)24-27)42-39(51)58-26-12-9-10-13-26;1-3-48-29-18-28(24-15-16-27(47-2)30(37)31(24)39-29)49-23-17-26-32(42)40-36(34(44)45)19-21(36)11-7-5-4-6-8-14-25(33(43)41(26)20-23)38-35(46)50-22-12-9-10-13-22;5-10(7,8)6-1-3-9-4-2-6/h7,11,15-16,22,25-27,29-30H,3-6,8-10,12-14,17-21,23-24H2,1-2H3,(H,42,51)(H,44,48)(H,45,50);7,11,15-16,18,21-23,25-26H,3-6,8-10,12-14,17,19-20H2,1-2H3,(H,38,46)(H,40,42)(H,44,45);1-4H2,(H2,5,7,8)/b2*11-7-;/t25-,27-,29+,30+,40-;21-,23-,25+,26+,36-;/m11./s1. The van der Waals surface area contributed by atoms with Crippen LogP contribution in [0.1, 0.15) is 155 Å². The predicted octanol–water partition coefficient (Wildman–Crippen LogP) is 7.67. The number of carbonyl (C=O) groups excluding carboxylic acids is 7. The highest BCUT2D eigenvalue weighted by Gasteiger charge is 2.63. The van der Waals surface area contributed by atoms with E-state index in [2.05, 4.69) is 67.8 Å². The molecule has 0 unspecified atom stereocenters. The molecule has 14 rings (SSSR count). The van der Waals surface area contributed by atoms with Crippen LogP contribution in [-0.2, 0) is 68.1 Å². The first-order valence-electron chi connectivity index (χ1n) is 41.1. The number of nitrogens with two attached hydrogens (primary N) is 1. The van der Waals surface area contributed by atoms with Crippen LogP contribution in [0.2, 0.25) is 0 Å². The summed E-state index contributed by atoms with van der Waals surface area (Å²) < 4.78 is 111. The van der Waals surface area contributed by atoms with Crippen LogP contribution in [0.4, 0.5) is 9.59 Å². The van der Waals surface area contributed by atoms with E-state index in [9.17, 15) is 60.3 Å². The molecule has 4 saturated carbocycles. The van der Waals surface area contributed by atoms with E-state index in [4.69, 9.17) is 52.5 Å². The maximum atomic E-state index is 14.7. The predicted molar refractivity (Wildman–Crippen MR) is 440 cm³/mol. The number of nitrogens with one attached hydrogen (secondary N) is 5. The first-order valence-corrected chi connectivity index (χ1v) is 45.6. The maximum Gasteiger partial charge on any atom is 0.408 e. The van der Waals surface area contributed by atoms with E-state index in [0.717, 1.165) is 87.8 Å². The number of carboxylic acid groups (broad SMARTS) is 1. The first-order chi connectivity index (χ1) is 57.1. The second kappa shape index (κ2) is 40.5. The quantitative estimate of drug-likeness (QED) is 0.0442. The van der Waals surface area contributed by atoms with Gasteiger partial charge < -0.3 is 83.5 Å². The summed E-state index contributed by atoms with van der Waals surface area (Å²) in [7, 11) is -4.61. The molecule has 4 aliphatic carbocycles. The van der Waals surface area contributed by atoms with Gasteiger partial charge in [0.2, 0.25) is 35.4 Å². The lowest BCUT2D eigenvalue weighted by Crippen LogP contribution is -2.59. The van der Waals surface area contributed by atoms with Gasteiger partial charge in [0, 0.05) is 73.8 Å². The fraction of sp³-hybridized carbons (Fsp3) is 0.625. The van der Waals surface area contributed by atoms with Crippen molar-refractivity contribution in [3.8, 4) is 34.8 Å². The molecule has 39 heteroatoms. The van der Waals surface area contributed by atoms with Crippen LogP contribution in [-0.4, -0.2) is 251 Å². The SMILES string of the molecule is CCOc1cc(O[C@@H]2C[C@H]3C(=O)N[C@]4(C(=O)NS(=O)(=O)N5CCOCC5)C[C@H]4/C=C\CCCCC[C@H](NC(=O)OC4CCCC4)C(=O)N3C2)c2ccc(OC)c(Br)c2n1.CCOc1cc(O[C@@H]2C[C@H]3C(=O)N[C@]4(C(=O)O)C[C@H]4/C=C\CCCCC[C@H](NC(=O)OC4CCCC4)C(=O)N3C2)c2ccc(OC)c(Br)c2n1.NS(=O)(=O)N1CCOCC1. The average molecular weight is 1830 g/mol. The molecule has 10 aliphatic rings. The number of hydrogen-bond donors (Lipinski definition) is 7. The summed E-state index contributed by atoms with van der Waals surface area (Å²) in [4.78, 5) is 123. The molecule has 0 radical (unpaired) electrons. The summed E-state index contributed by atoms with van der Waals surface area (Å²) in [5.41, 5.74) is -1.95. The third-order valence-electron chi connectivity index (χ3n) is 23.1. The van der Waals surface area contributed by atoms with Crippen LogP contribution < -0.4 is 59.5 Å². The lowest BCUT2D eigenvalue weighted by Gasteiger charge is -2.30. The fourth-order valence-corrected chi connectivity index (χ4v) is 19.6. The van der Waals surface area contributed by atoms with Crippen LogP contribution in [0, 0.1) is 11.8 Å². The summed E-state index contributed by atoms with van der Waals surface area (Å²) in [5, 5.41) is 27.6. The minimum atomic E-state index is -4.24. The average Bonchev–Trinajstić information content (AvgIpc) is 1.58. The van der Waals surface area contributed by atoms with E-state index in [0.29, 0.717) is 137 Å². The zero-order valence-electron chi connectivity index (χ0n) is 67.4. The Balaban J connectivity index is 0.000000197. The summed E-state index contributed by atoms with van der Waals surface area (Å²) in [6, 6.07) is 6.36. The zero-order valence-corrected chi connectivity index (χ0v) is 72.2. The molecule has 6 aliphatic heterocycles. The lowest BCUT2D eigenvalue weighted by molar-refractivity contribution is -0.145. The Bertz CT molecular complexity index is 4640. The number of alkyl carbamates (subject to hydrolysis) is 2. The van der Waals surface area contributed by atoms with Gasteiger partial charge in [-0.15, -0.1) is 0 Å². The Morgan fingerprint density at radius 1 is 0.571 bits per heavy atom. The Morgan fingerprint density at radius 2 is 0.983 bits per heavy atom. The van der Waals surface area contributed by atoms with Crippen molar-refractivity contribution in [2.24, 2.45) is 17.0 Å². The first kappa shape index (κ1) is 89.8. The Morgan fingerprint density at radius 3 is 1.39 bits per heavy atom. The van der Waals surface area contributed by atoms with Gasteiger partial charge in [-0.2, -0.15) is 25.4 Å². The number of carbonyl (C=O) groups is 8. The minimum Gasteiger partial charge on any atom is -0.495 e. The highest BCUT2D eigenvalue weighted by Crippen LogP contribution is 2.48. The number of pyridine rings is 2. The molecule has 7 amide bonds. The number of benzene rings is 2. The van der Waals surface area contributed by atoms with Gasteiger partial charge in [0.15, 0.2) is 0 Å². The molecule has 10 atom stereocenters. The van der Waals surface area contributed by atoms with Gasteiger partial charge >= 0.3 is 28.4 Å². The van der Waals surface area contributed by atoms with Crippen molar-refractivity contribution in [2.45, 2.75) is 215 Å². The number of carboxylic acids is 1. The molecule has 2 aromatic carbocycles. The molecule has 0 spiro atoms. The van der Waals surface area contributed by atoms with Crippen LogP contribution in [0.15, 0.2) is 69.6 Å². The number of hydrogen-bond acceptors (Lipinski definition) is 24. The highest BCUT2D eigenvalue weighted by atomic mass is 79.9. The molecule has 35 nitrogen and oxygen atoms in total. The number of halogens is 2. The second-order valence-electron chi connectivity index (χ2n) is 31.2. The van der Waals surface area contributed by atoms with Gasteiger partial charge in [0.1, 0.15) is 82.7 Å². The molecule has 4 saturated heterocycles. The normalized spacial score (nSPS) is 27.4. The largest absolute Gasteiger partial charge is 0.495 e. The molecule has 2 aromatic heterocycles. The van der Waals surface area contributed by atoms with Gasteiger partial charge in [0.05, 0.1) is 86.9 Å². The fourth-order valence-electron chi connectivity index (χ4n) is 16.5. The van der Waals surface area contributed by atoms with Gasteiger partial charge in [0.25, 0.3) is 16.1 Å². The summed E-state index contributed by atoms with van der Waals surface area (Å²) in [5.74, 6) is -2.38. The number of methoxy groups -OCH3 is 2. The number of nitrogens with zero attached hydrogens (tertiary/aromatic N) is 6. The topological polar surface area (TPSA) is 442 Å². The van der Waals surface area contributed by atoms with Crippen molar-refractivity contribution in [1.29, 1.82) is 0 Å². The molecule has 4 aromatic rings. The van der Waals surface area contributed by atoms with Crippen molar-refractivity contribution in [3.63, 3.8) is 0 Å². The molecule has 8 N–H and O–H groups in total. The number of fused-ring (bicyclic) bond motifs is 6. The smallest absolute Gasteiger partial charge is 0.408 e. The summed E-state index contributed by atoms with van der Waals surface area (Å²) in [6.45, 7) is 6.56. The van der Waals surface area contributed by atoms with E-state index >= 15 is 0 Å². The number of aliphatic carboxylic acids is 1. The molecular weight excluding hydrogens is 1720 g/mol. The van der Waals surface area contributed by atoms with Crippen molar-refractivity contribution in [2.75, 3.05) is 93.1 Å². The van der Waals surface area contributed by atoms with E-state index in [1.807, 2.05) is 44.2 Å². The number of allylic oxidation sites excluding steroid dienone is 2. The maximum absolute atomic E-state index is 14.7. The van der Waals surface area contributed by atoms with E-state index in [1.54, 1.807) is 44.6 Å². The van der Waals surface area contributed by atoms with Gasteiger partial charge in [-0.25, -0.2) is 34.2 Å². The molecule has 119 heavy (non-hydrogen) atoms. The highest BCUT2D eigenvalue weighted by molar-refractivity contribution is 9.11. The van der Waals surface area contributed by atoms with Crippen molar-refractivity contribution in [3.05, 3.63) is 69.6 Å². The molecule has 8 heterocycles. The van der Waals surface area contributed by atoms with Crippen LogP contribution in [0.3, 0.4) is 0 Å². The summed E-state index contributed by atoms with van der Waals surface area (Å²) in [6.07, 6.45) is 18.6. The lowest BCUT2D eigenvalue weighted by atomic mass is 10.0. The number of aromatic nitrogens is 2. The Labute approximate surface area is 708 Å². The number of amides is 7. The summed E-state index contributed by atoms with van der Waals surface area (Å²) >= 11 is 7.17. The number of morpholine rings is 2. The second-order valence-corrected chi connectivity index (χ2v) is 36.0. The van der Waals surface area contributed by atoms with Gasteiger partial charge in [-0.1, -0.05) is 50.0 Å². The number of ether oxygens (including phenoxy) is 10. The van der Waals surface area contributed by atoms with Crippen LogP contribution in [0.25, 0.3) is 21.8 Å². The number of rotatable bonds is 19. The molecular formula is C80H108Br2N12O23S2. The van der Waals surface area contributed by atoms with Crippen molar-refractivity contribution in [1.82, 2.24) is 54.4 Å². The van der Waals surface area contributed by atoms with Crippen LogP contribution in [0.5, 0.6) is 34.8 Å². The minimum absolute atomic E-state index is 0.0200. The monoisotopic (exact) mass is 1830 g/mol. The third kappa shape index (κ3) is 22.3. The van der Waals surface area contributed by atoms with Gasteiger partial charge in [-0.05, 0) is 173 Å². The van der Waals surface area contributed by atoms with Crippen molar-refractivity contribution >= 4 is 122 Å².